The second-order valence-corrected chi connectivity index (χ2v) is 8.69. The third-order valence-electron chi connectivity index (χ3n) is 5.39. The van der Waals surface area contributed by atoms with Crippen LogP contribution in [0, 0.1) is 6.92 Å². The lowest BCUT2D eigenvalue weighted by atomic mass is 10.0. The lowest BCUT2D eigenvalue weighted by Gasteiger charge is -2.15. The first-order valence-corrected chi connectivity index (χ1v) is 11.5. The maximum Gasteiger partial charge on any atom is 0.254 e. The molecule has 0 radical (unpaired) electrons. The molecule has 0 aliphatic heterocycles. The van der Waals surface area contributed by atoms with E-state index in [1.54, 1.807) is 37.6 Å². The zero-order valence-electron chi connectivity index (χ0n) is 20.3. The Labute approximate surface area is 200 Å². The number of pyridine rings is 1. The van der Waals surface area contributed by atoms with Gasteiger partial charge in [-0.2, -0.15) is 0 Å². The van der Waals surface area contributed by atoms with Crippen LogP contribution in [0.25, 0.3) is 0 Å². The normalized spacial score (nSPS) is 11.0. The number of aromatic nitrogens is 2. The van der Waals surface area contributed by atoms with Crippen molar-refractivity contribution >= 4 is 11.8 Å². The molecule has 3 rings (SSSR count). The predicted molar refractivity (Wildman–Crippen MR) is 130 cm³/mol. The Morgan fingerprint density at radius 3 is 2.65 bits per heavy atom. The Hall–Kier alpha value is -3.52. The number of amides is 2. The third kappa shape index (κ3) is 7.25. The second kappa shape index (κ2) is 12.1. The highest BCUT2D eigenvalue weighted by Crippen LogP contribution is 2.14. The van der Waals surface area contributed by atoms with E-state index in [-0.39, 0.29) is 18.4 Å². The Kier molecular flexibility index (Phi) is 8.93. The molecule has 2 heterocycles. The fourth-order valence-corrected chi connectivity index (χ4v) is 3.43. The standard InChI is InChI=1S/C26H33N5O3/c1-18(2)23-11-20(14-28-15-23)13-27-9-6-10-29-25(32)21-7-5-8-22(12-21)26(33)31(4)16-24-30-19(3)17-34-24/h5,7-8,11-12,14-15,17-18,27H,6,9-10,13,16H2,1-4H3,(H,29,32). The molecule has 0 spiro atoms. The van der Waals surface area contributed by atoms with Crippen LogP contribution in [-0.2, 0) is 13.1 Å². The van der Waals surface area contributed by atoms with Gasteiger partial charge in [0, 0.05) is 43.7 Å². The van der Waals surface area contributed by atoms with E-state index >= 15 is 0 Å². The summed E-state index contributed by atoms with van der Waals surface area (Å²) in [6.45, 7) is 8.45. The SMILES string of the molecule is Cc1coc(CN(C)C(=O)c2cccc(C(=O)NCCCNCc3cncc(C(C)C)c3)c2)n1. The molecule has 34 heavy (non-hydrogen) atoms. The van der Waals surface area contributed by atoms with Crippen LogP contribution >= 0.6 is 0 Å². The van der Waals surface area contributed by atoms with Crippen LogP contribution in [-0.4, -0.2) is 46.8 Å². The summed E-state index contributed by atoms with van der Waals surface area (Å²) in [5.41, 5.74) is 4.04. The molecule has 0 aliphatic carbocycles. The molecule has 2 aromatic heterocycles. The van der Waals surface area contributed by atoms with E-state index < -0.39 is 0 Å². The van der Waals surface area contributed by atoms with Crippen molar-refractivity contribution in [3.8, 4) is 0 Å². The highest BCUT2D eigenvalue weighted by Gasteiger charge is 2.16. The van der Waals surface area contributed by atoms with E-state index in [0.717, 1.165) is 30.8 Å². The summed E-state index contributed by atoms with van der Waals surface area (Å²) in [6, 6.07) is 8.90. The number of benzene rings is 1. The van der Waals surface area contributed by atoms with Crippen LogP contribution < -0.4 is 10.6 Å². The molecule has 8 nitrogen and oxygen atoms in total. The molecule has 3 aromatic rings. The van der Waals surface area contributed by atoms with Crippen molar-refractivity contribution in [2.45, 2.75) is 46.2 Å². The van der Waals surface area contributed by atoms with Crippen molar-refractivity contribution in [3.05, 3.63) is 82.8 Å². The number of aryl methyl sites for hydroxylation is 1. The van der Waals surface area contributed by atoms with Crippen molar-refractivity contribution in [2.24, 2.45) is 0 Å². The van der Waals surface area contributed by atoms with Gasteiger partial charge in [-0.1, -0.05) is 26.0 Å². The lowest BCUT2D eigenvalue weighted by Crippen LogP contribution is -2.28. The molecule has 0 saturated carbocycles. The molecular formula is C26H33N5O3. The average molecular weight is 464 g/mol. The monoisotopic (exact) mass is 463 g/mol. The summed E-state index contributed by atoms with van der Waals surface area (Å²) in [4.78, 5) is 35.3. The Morgan fingerprint density at radius 2 is 1.91 bits per heavy atom. The highest BCUT2D eigenvalue weighted by molar-refractivity contribution is 5.99. The van der Waals surface area contributed by atoms with E-state index in [1.807, 2.05) is 19.3 Å². The van der Waals surface area contributed by atoms with Crippen LogP contribution in [0.15, 0.2) is 53.4 Å². The molecule has 8 heteroatoms. The number of carbonyl (C=O) groups is 2. The van der Waals surface area contributed by atoms with E-state index in [2.05, 4.69) is 40.5 Å². The maximum absolute atomic E-state index is 12.8. The largest absolute Gasteiger partial charge is 0.447 e. The summed E-state index contributed by atoms with van der Waals surface area (Å²) in [7, 11) is 1.68. The Morgan fingerprint density at radius 1 is 1.12 bits per heavy atom. The van der Waals surface area contributed by atoms with Gasteiger partial charge in [0.25, 0.3) is 11.8 Å². The summed E-state index contributed by atoms with van der Waals surface area (Å²) >= 11 is 0. The zero-order chi connectivity index (χ0) is 24.5. The Balaban J connectivity index is 1.42. The van der Waals surface area contributed by atoms with E-state index in [9.17, 15) is 9.59 Å². The highest BCUT2D eigenvalue weighted by atomic mass is 16.3. The van der Waals surface area contributed by atoms with E-state index in [1.165, 1.54) is 10.5 Å². The van der Waals surface area contributed by atoms with Crippen LogP contribution in [0.3, 0.4) is 0 Å². The van der Waals surface area contributed by atoms with Gasteiger partial charge in [-0.3, -0.25) is 14.6 Å². The molecule has 1 aromatic carbocycles. The first-order valence-electron chi connectivity index (χ1n) is 11.5. The fraction of sp³-hybridized carbons (Fsp3) is 0.385. The number of hydrogen-bond acceptors (Lipinski definition) is 6. The number of nitrogens with one attached hydrogen (secondary N) is 2. The summed E-state index contributed by atoms with van der Waals surface area (Å²) in [5, 5.41) is 6.30. The first-order chi connectivity index (χ1) is 16.3. The molecule has 2 N–H and O–H groups in total. The van der Waals surface area contributed by atoms with Crippen molar-refractivity contribution in [2.75, 3.05) is 20.1 Å². The topological polar surface area (TPSA) is 100 Å². The van der Waals surface area contributed by atoms with Crippen LogP contribution in [0.2, 0.25) is 0 Å². The third-order valence-corrected chi connectivity index (χ3v) is 5.39. The van der Waals surface area contributed by atoms with Crippen molar-refractivity contribution in [3.63, 3.8) is 0 Å². The lowest BCUT2D eigenvalue weighted by molar-refractivity contribution is 0.0773. The number of hydrogen-bond donors (Lipinski definition) is 2. The van der Waals surface area contributed by atoms with E-state index in [4.69, 9.17) is 4.42 Å². The van der Waals surface area contributed by atoms with Gasteiger partial charge in [0.1, 0.15) is 6.26 Å². The van der Waals surface area contributed by atoms with Crippen LogP contribution in [0.5, 0.6) is 0 Å². The summed E-state index contributed by atoms with van der Waals surface area (Å²) in [5.74, 6) is 0.522. The number of oxazole rings is 1. The number of rotatable bonds is 11. The predicted octanol–water partition coefficient (Wildman–Crippen LogP) is 3.68. The number of nitrogens with zero attached hydrogens (tertiary/aromatic N) is 3. The molecule has 180 valence electrons. The smallest absolute Gasteiger partial charge is 0.254 e. The second-order valence-electron chi connectivity index (χ2n) is 8.69. The van der Waals surface area contributed by atoms with Crippen molar-refractivity contribution < 1.29 is 14.0 Å². The van der Waals surface area contributed by atoms with Gasteiger partial charge in [0.05, 0.1) is 12.2 Å². The maximum atomic E-state index is 12.8. The van der Waals surface area contributed by atoms with Gasteiger partial charge in [0.15, 0.2) is 0 Å². The van der Waals surface area contributed by atoms with Crippen molar-refractivity contribution in [1.29, 1.82) is 0 Å². The van der Waals surface area contributed by atoms with Gasteiger partial charge in [-0.25, -0.2) is 4.98 Å². The molecular weight excluding hydrogens is 430 g/mol. The molecule has 0 aliphatic rings. The van der Waals surface area contributed by atoms with E-state index in [0.29, 0.717) is 29.5 Å². The molecule has 0 atom stereocenters. The molecule has 0 fully saturated rings. The van der Waals surface area contributed by atoms with Gasteiger partial charge >= 0.3 is 0 Å². The molecule has 2 amide bonds. The fourth-order valence-electron chi connectivity index (χ4n) is 3.43. The minimum atomic E-state index is -0.203. The van der Waals surface area contributed by atoms with Crippen molar-refractivity contribution in [1.82, 2.24) is 25.5 Å². The van der Waals surface area contributed by atoms with Gasteiger partial charge < -0.3 is 20.0 Å². The van der Waals surface area contributed by atoms with Gasteiger partial charge in [-0.15, -0.1) is 0 Å². The average Bonchev–Trinajstić information content (AvgIpc) is 3.25. The summed E-state index contributed by atoms with van der Waals surface area (Å²) < 4.78 is 5.32. The zero-order valence-corrected chi connectivity index (χ0v) is 20.3. The minimum Gasteiger partial charge on any atom is -0.447 e. The van der Waals surface area contributed by atoms with Gasteiger partial charge in [0.2, 0.25) is 5.89 Å². The van der Waals surface area contributed by atoms with Crippen LogP contribution in [0.1, 0.15) is 69.6 Å². The first kappa shape index (κ1) is 25.1. The number of carbonyl (C=O) groups excluding carboxylic acids is 2. The minimum absolute atomic E-state index is 0.200. The summed E-state index contributed by atoms with van der Waals surface area (Å²) in [6.07, 6.45) is 6.12. The van der Waals surface area contributed by atoms with Gasteiger partial charge in [-0.05, 0) is 55.1 Å². The Bertz CT molecular complexity index is 1110. The quantitative estimate of drug-likeness (QED) is 0.421. The molecule has 0 saturated heterocycles. The molecule has 0 bridgehead atoms. The van der Waals surface area contributed by atoms with Crippen LogP contribution in [0.4, 0.5) is 0 Å². The molecule has 0 unspecified atom stereocenters.